The fraction of sp³-hybridized carbons (Fsp3) is 0.280. The molecular formula is C25H26ClN5O3. The van der Waals surface area contributed by atoms with Crippen LogP contribution in [-0.4, -0.2) is 32.6 Å². The lowest BCUT2D eigenvalue weighted by atomic mass is 10.1. The Balaban J connectivity index is 1.81. The van der Waals surface area contributed by atoms with E-state index in [0.717, 1.165) is 18.4 Å². The summed E-state index contributed by atoms with van der Waals surface area (Å²) in [4.78, 5) is 37.2. The zero-order valence-corrected chi connectivity index (χ0v) is 20.1. The molecule has 8 nitrogen and oxygen atoms in total. The number of hydrogen-bond acceptors (Lipinski definition) is 5. The number of nitrogens with one attached hydrogen (secondary N) is 1. The van der Waals surface area contributed by atoms with E-state index < -0.39 is 0 Å². The highest BCUT2D eigenvalue weighted by Gasteiger charge is 2.23. The molecular weight excluding hydrogens is 454 g/mol. The number of nitrogens with zero attached hydrogens (tertiary/aromatic N) is 4. The van der Waals surface area contributed by atoms with Gasteiger partial charge in [-0.15, -0.1) is 0 Å². The number of fused-ring (bicyclic) bond motifs is 1. The van der Waals surface area contributed by atoms with Crippen molar-refractivity contribution in [1.82, 2.24) is 19.6 Å². The first-order valence-corrected chi connectivity index (χ1v) is 11.5. The smallest absolute Gasteiger partial charge is 0.277 e. The molecule has 0 unspecified atom stereocenters. The van der Waals surface area contributed by atoms with Crippen LogP contribution in [0.25, 0.3) is 5.78 Å². The molecule has 4 aromatic rings. The van der Waals surface area contributed by atoms with Crippen molar-refractivity contribution in [2.75, 3.05) is 12.0 Å². The number of amides is 1. The average molecular weight is 480 g/mol. The number of carbonyl (C=O) groups is 1. The number of aromatic nitrogens is 4. The fourth-order valence-corrected chi connectivity index (χ4v) is 3.97. The van der Waals surface area contributed by atoms with Gasteiger partial charge in [-0.1, -0.05) is 43.1 Å². The van der Waals surface area contributed by atoms with Gasteiger partial charge in [-0.3, -0.25) is 19.6 Å². The van der Waals surface area contributed by atoms with Crippen LogP contribution in [0.2, 0.25) is 5.02 Å². The largest absolute Gasteiger partial charge is 0.497 e. The molecule has 34 heavy (non-hydrogen) atoms. The number of anilines is 1. The van der Waals surface area contributed by atoms with Gasteiger partial charge < -0.3 is 4.74 Å². The minimum Gasteiger partial charge on any atom is -0.497 e. The van der Waals surface area contributed by atoms with E-state index in [1.54, 1.807) is 31.4 Å². The molecule has 0 aliphatic carbocycles. The second-order valence-corrected chi connectivity index (χ2v) is 8.46. The maximum atomic E-state index is 13.6. The summed E-state index contributed by atoms with van der Waals surface area (Å²) in [6, 6.07) is 14.1. The highest BCUT2D eigenvalue weighted by Crippen LogP contribution is 2.21. The SMILES string of the molecule is CCCCc1c(C)nc2nc(N(Cc3cccc(OC)c3)C(=O)c3cccc(Cl)c3)[nH]n2c1=O. The molecule has 0 aliphatic heterocycles. The van der Waals surface area contributed by atoms with Gasteiger partial charge in [0.05, 0.1) is 19.3 Å². The van der Waals surface area contributed by atoms with Gasteiger partial charge in [-0.25, -0.2) is 4.98 Å². The van der Waals surface area contributed by atoms with E-state index >= 15 is 0 Å². The number of halogens is 1. The Bertz CT molecular complexity index is 1400. The van der Waals surface area contributed by atoms with Crippen LogP contribution in [0, 0.1) is 6.92 Å². The van der Waals surface area contributed by atoms with E-state index in [0.29, 0.717) is 34.0 Å². The third kappa shape index (κ3) is 4.82. The summed E-state index contributed by atoms with van der Waals surface area (Å²) in [5, 5.41) is 3.44. The van der Waals surface area contributed by atoms with Gasteiger partial charge in [-0.05, 0) is 55.7 Å². The zero-order valence-electron chi connectivity index (χ0n) is 19.3. The predicted molar refractivity (Wildman–Crippen MR) is 132 cm³/mol. The summed E-state index contributed by atoms with van der Waals surface area (Å²) in [5.74, 6) is 0.781. The van der Waals surface area contributed by atoms with Gasteiger partial charge in [0.2, 0.25) is 5.95 Å². The molecule has 0 bridgehead atoms. The lowest BCUT2D eigenvalue weighted by molar-refractivity contribution is 0.0983. The maximum absolute atomic E-state index is 13.6. The number of unbranched alkanes of at least 4 members (excludes halogenated alkanes) is 1. The van der Waals surface area contributed by atoms with Crippen molar-refractivity contribution in [2.24, 2.45) is 0 Å². The molecule has 0 aliphatic rings. The fourth-order valence-electron chi connectivity index (χ4n) is 3.78. The first-order valence-electron chi connectivity index (χ1n) is 11.1. The van der Waals surface area contributed by atoms with E-state index in [-0.39, 0.29) is 29.7 Å². The predicted octanol–water partition coefficient (Wildman–Crippen LogP) is 4.58. The summed E-state index contributed by atoms with van der Waals surface area (Å²) in [7, 11) is 1.59. The number of methoxy groups -OCH3 is 1. The van der Waals surface area contributed by atoms with Crippen molar-refractivity contribution in [1.29, 1.82) is 0 Å². The van der Waals surface area contributed by atoms with Crippen LogP contribution in [0.4, 0.5) is 5.95 Å². The molecule has 4 rings (SSSR count). The minimum atomic E-state index is -0.319. The summed E-state index contributed by atoms with van der Waals surface area (Å²) < 4.78 is 6.63. The third-order valence-electron chi connectivity index (χ3n) is 5.61. The van der Waals surface area contributed by atoms with Crippen molar-refractivity contribution in [3.63, 3.8) is 0 Å². The van der Waals surface area contributed by atoms with Gasteiger partial charge in [0.15, 0.2) is 0 Å². The van der Waals surface area contributed by atoms with Crippen molar-refractivity contribution in [2.45, 2.75) is 39.7 Å². The van der Waals surface area contributed by atoms with Crippen molar-refractivity contribution < 1.29 is 9.53 Å². The molecule has 0 spiro atoms. The van der Waals surface area contributed by atoms with Crippen LogP contribution < -0.4 is 15.2 Å². The Morgan fingerprint density at radius 3 is 2.71 bits per heavy atom. The Morgan fingerprint density at radius 2 is 1.97 bits per heavy atom. The van der Waals surface area contributed by atoms with Crippen molar-refractivity contribution >= 4 is 29.2 Å². The summed E-state index contributed by atoms with van der Waals surface area (Å²) >= 11 is 6.13. The number of ether oxygens (including phenoxy) is 1. The lowest BCUT2D eigenvalue weighted by Gasteiger charge is -2.20. The third-order valence-corrected chi connectivity index (χ3v) is 5.85. The highest BCUT2D eigenvalue weighted by atomic mass is 35.5. The topological polar surface area (TPSA) is 92.6 Å². The summed E-state index contributed by atoms with van der Waals surface area (Å²) in [5.41, 5.74) is 2.32. The Labute approximate surface area is 202 Å². The molecule has 0 saturated heterocycles. The van der Waals surface area contributed by atoms with E-state index in [4.69, 9.17) is 16.3 Å². The molecule has 0 saturated carbocycles. The Hall–Kier alpha value is -3.65. The zero-order chi connectivity index (χ0) is 24.2. The average Bonchev–Trinajstić information content (AvgIpc) is 3.26. The van der Waals surface area contributed by atoms with Crippen molar-refractivity contribution in [3.05, 3.63) is 86.3 Å². The van der Waals surface area contributed by atoms with E-state index in [1.165, 1.54) is 9.42 Å². The van der Waals surface area contributed by atoms with Crippen LogP contribution in [0.1, 0.15) is 46.9 Å². The standard InChI is InChI=1S/C25H26ClN5O3/c1-4-5-12-21-16(2)27-24-28-25(29-31(24)23(21)33)30(15-17-8-6-11-20(13-17)34-3)22(32)18-9-7-10-19(26)14-18/h6-11,13-14H,4-5,12,15H2,1-3H3,(H,27,28,29). The second kappa shape index (κ2) is 10.1. The molecule has 2 aromatic carbocycles. The number of H-pyrrole nitrogens is 1. The first kappa shape index (κ1) is 23.5. The molecule has 1 N–H and O–H groups in total. The number of aryl methyl sites for hydroxylation is 1. The van der Waals surface area contributed by atoms with Gasteiger partial charge in [0.1, 0.15) is 5.75 Å². The first-order chi connectivity index (χ1) is 16.4. The number of rotatable bonds is 8. The van der Waals surface area contributed by atoms with Gasteiger partial charge in [-0.2, -0.15) is 9.50 Å². The Morgan fingerprint density at radius 1 is 1.18 bits per heavy atom. The quantitative estimate of drug-likeness (QED) is 0.399. The second-order valence-electron chi connectivity index (χ2n) is 8.02. The highest BCUT2D eigenvalue weighted by molar-refractivity contribution is 6.31. The van der Waals surface area contributed by atoms with E-state index in [2.05, 4.69) is 22.0 Å². The number of aromatic amines is 1. The molecule has 2 heterocycles. The number of benzene rings is 2. The maximum Gasteiger partial charge on any atom is 0.277 e. The summed E-state index contributed by atoms with van der Waals surface area (Å²) in [6.45, 7) is 4.08. The monoisotopic (exact) mass is 479 g/mol. The number of carbonyl (C=O) groups excluding carboxylic acids is 1. The molecule has 0 atom stereocenters. The van der Waals surface area contributed by atoms with Crippen LogP contribution in [-0.2, 0) is 13.0 Å². The molecule has 0 fully saturated rings. The van der Waals surface area contributed by atoms with Crippen LogP contribution >= 0.6 is 11.6 Å². The molecule has 1 amide bonds. The Kier molecular flexibility index (Phi) is 6.98. The molecule has 176 valence electrons. The molecule has 0 radical (unpaired) electrons. The van der Waals surface area contributed by atoms with Crippen LogP contribution in [0.15, 0.2) is 53.3 Å². The molecule has 9 heteroatoms. The summed E-state index contributed by atoms with van der Waals surface area (Å²) in [6.07, 6.45) is 2.50. The van der Waals surface area contributed by atoms with Gasteiger partial charge in [0, 0.05) is 16.1 Å². The van der Waals surface area contributed by atoms with Crippen LogP contribution in [0.3, 0.4) is 0 Å². The van der Waals surface area contributed by atoms with Crippen molar-refractivity contribution in [3.8, 4) is 5.75 Å². The van der Waals surface area contributed by atoms with E-state index in [9.17, 15) is 9.59 Å². The van der Waals surface area contributed by atoms with Gasteiger partial charge in [0.25, 0.3) is 17.2 Å². The number of hydrogen-bond donors (Lipinski definition) is 1. The molecule has 2 aromatic heterocycles. The van der Waals surface area contributed by atoms with Gasteiger partial charge >= 0.3 is 0 Å². The van der Waals surface area contributed by atoms with E-state index in [1.807, 2.05) is 31.2 Å². The van der Waals surface area contributed by atoms with Crippen LogP contribution in [0.5, 0.6) is 5.75 Å². The lowest BCUT2D eigenvalue weighted by Crippen LogP contribution is -2.31. The normalized spacial score (nSPS) is 11.1. The minimum absolute atomic E-state index is 0.193.